The molecule has 2 N–H and O–H groups in total. The molecule has 1 aromatic carbocycles. The summed E-state index contributed by atoms with van der Waals surface area (Å²) in [6, 6.07) is 16.4. The number of carbonyl (C=O) groups is 1. The van der Waals surface area contributed by atoms with Crippen LogP contribution >= 0.6 is 23.2 Å². The third-order valence-electron chi connectivity index (χ3n) is 6.21. The molecule has 0 radical (unpaired) electrons. The normalized spacial score (nSPS) is 11.6. The molecule has 1 unspecified atom stereocenters. The van der Waals surface area contributed by atoms with Gasteiger partial charge in [-0.2, -0.15) is 0 Å². The van der Waals surface area contributed by atoms with Crippen LogP contribution in [0.2, 0.25) is 10.0 Å². The van der Waals surface area contributed by atoms with E-state index in [4.69, 9.17) is 33.2 Å². The van der Waals surface area contributed by atoms with Crippen molar-refractivity contribution in [2.75, 3.05) is 12.4 Å². The van der Waals surface area contributed by atoms with E-state index in [-0.39, 0.29) is 5.91 Å². The Morgan fingerprint density at radius 2 is 1.77 bits per heavy atom. The lowest BCUT2D eigenvalue weighted by atomic mass is 10.0. The van der Waals surface area contributed by atoms with Gasteiger partial charge in [-0.3, -0.25) is 14.2 Å². The van der Waals surface area contributed by atoms with Crippen molar-refractivity contribution in [2.24, 2.45) is 0 Å². The molecule has 4 aromatic heterocycles. The van der Waals surface area contributed by atoms with E-state index >= 15 is 0 Å². The molecular weight excluding hydrogens is 531 g/mol. The highest BCUT2D eigenvalue weighted by atomic mass is 35.5. The SMILES string of the molecule is CNC(C)C(=O)Nc1ccc(-c2c(-c3ccncc3)nc3cc(C)ccn23)c(C#Cc2ccc(Cl)c(Cl)c2)n1. The fourth-order valence-corrected chi connectivity index (χ4v) is 4.30. The van der Waals surface area contributed by atoms with Crippen LogP contribution in [-0.2, 0) is 4.79 Å². The number of aryl methyl sites for hydroxylation is 1. The first kappa shape index (κ1) is 26.4. The van der Waals surface area contributed by atoms with E-state index in [1.165, 1.54) is 0 Å². The molecule has 194 valence electrons. The molecule has 0 spiro atoms. The highest BCUT2D eigenvalue weighted by molar-refractivity contribution is 6.42. The molecule has 0 bridgehead atoms. The maximum absolute atomic E-state index is 12.6. The van der Waals surface area contributed by atoms with Crippen molar-refractivity contribution in [1.82, 2.24) is 24.7 Å². The lowest BCUT2D eigenvalue weighted by Gasteiger charge is -2.13. The molecule has 0 fully saturated rings. The van der Waals surface area contributed by atoms with Gasteiger partial charge < -0.3 is 10.6 Å². The van der Waals surface area contributed by atoms with Crippen LogP contribution in [0.3, 0.4) is 0 Å². The van der Waals surface area contributed by atoms with Crippen molar-refractivity contribution in [3.05, 3.63) is 100 Å². The smallest absolute Gasteiger partial charge is 0.242 e. The monoisotopic (exact) mass is 554 g/mol. The number of aromatic nitrogens is 4. The van der Waals surface area contributed by atoms with Gasteiger partial charge >= 0.3 is 0 Å². The Morgan fingerprint density at radius 3 is 2.51 bits per heavy atom. The van der Waals surface area contributed by atoms with Crippen molar-refractivity contribution in [3.63, 3.8) is 0 Å². The van der Waals surface area contributed by atoms with E-state index in [1.807, 2.05) is 47.9 Å². The van der Waals surface area contributed by atoms with Crippen LogP contribution in [0.4, 0.5) is 5.82 Å². The van der Waals surface area contributed by atoms with Gasteiger partial charge in [-0.05, 0) is 87.0 Å². The third-order valence-corrected chi connectivity index (χ3v) is 6.95. The number of likely N-dealkylation sites (N-methyl/N-ethyl adjacent to an activating group) is 1. The maximum Gasteiger partial charge on any atom is 0.242 e. The predicted octanol–water partition coefficient (Wildman–Crippen LogP) is 6.02. The zero-order chi connectivity index (χ0) is 27.5. The standard InChI is InChI=1S/C30H24Cl2N6O/c1-18-12-15-38-27(16-18)37-28(21-10-13-34-14-11-21)29(38)22-6-9-26(36-30(39)19(2)33-3)35-25(22)8-5-20-4-7-23(31)24(32)17-20/h4,6-7,9-17,19,33H,1-3H3,(H,35,36,39). The molecule has 0 saturated heterocycles. The minimum Gasteiger partial charge on any atom is -0.309 e. The second-order valence-electron chi connectivity index (χ2n) is 8.95. The first-order chi connectivity index (χ1) is 18.8. The fraction of sp³-hybridized carbons (Fsp3) is 0.133. The number of anilines is 1. The summed E-state index contributed by atoms with van der Waals surface area (Å²) in [6.07, 6.45) is 5.45. The zero-order valence-electron chi connectivity index (χ0n) is 21.5. The highest BCUT2D eigenvalue weighted by Gasteiger charge is 2.20. The number of pyridine rings is 3. The fourth-order valence-electron chi connectivity index (χ4n) is 4.00. The summed E-state index contributed by atoms with van der Waals surface area (Å²) in [5.41, 5.74) is 6.28. The summed E-state index contributed by atoms with van der Waals surface area (Å²) in [5, 5.41) is 6.66. The molecule has 0 saturated carbocycles. The summed E-state index contributed by atoms with van der Waals surface area (Å²) in [6.45, 7) is 3.80. The number of imidazole rings is 1. The first-order valence-electron chi connectivity index (χ1n) is 12.2. The number of carbonyl (C=O) groups excluding carboxylic acids is 1. The summed E-state index contributed by atoms with van der Waals surface area (Å²) < 4.78 is 2.02. The molecule has 7 nitrogen and oxygen atoms in total. The van der Waals surface area contributed by atoms with Gasteiger partial charge in [0, 0.05) is 35.3 Å². The Hall–Kier alpha value is -4.22. The number of halogens is 2. The van der Waals surface area contributed by atoms with Crippen molar-refractivity contribution in [2.45, 2.75) is 19.9 Å². The number of nitrogens with one attached hydrogen (secondary N) is 2. The van der Waals surface area contributed by atoms with Gasteiger partial charge in [0.15, 0.2) is 0 Å². The Balaban J connectivity index is 1.72. The molecule has 5 rings (SSSR count). The molecule has 1 atom stereocenters. The van der Waals surface area contributed by atoms with Gasteiger partial charge in [-0.25, -0.2) is 9.97 Å². The molecule has 4 heterocycles. The Kier molecular flexibility index (Phi) is 7.62. The quantitative estimate of drug-likeness (QED) is 0.259. The summed E-state index contributed by atoms with van der Waals surface area (Å²) in [7, 11) is 1.72. The number of fused-ring (bicyclic) bond motifs is 1. The van der Waals surface area contributed by atoms with Gasteiger partial charge in [0.1, 0.15) is 17.2 Å². The van der Waals surface area contributed by atoms with Crippen LogP contribution in [0.5, 0.6) is 0 Å². The van der Waals surface area contributed by atoms with E-state index in [0.29, 0.717) is 27.1 Å². The van der Waals surface area contributed by atoms with E-state index in [0.717, 1.165) is 33.7 Å². The Bertz CT molecular complexity index is 1750. The van der Waals surface area contributed by atoms with E-state index in [1.54, 1.807) is 50.6 Å². The summed E-state index contributed by atoms with van der Waals surface area (Å²) >= 11 is 12.3. The van der Waals surface area contributed by atoms with Crippen molar-refractivity contribution in [3.8, 4) is 34.4 Å². The number of rotatable bonds is 5. The zero-order valence-corrected chi connectivity index (χ0v) is 23.0. The van der Waals surface area contributed by atoms with Crippen LogP contribution in [0.1, 0.15) is 23.7 Å². The second-order valence-corrected chi connectivity index (χ2v) is 9.76. The van der Waals surface area contributed by atoms with Crippen LogP contribution in [0.25, 0.3) is 28.2 Å². The van der Waals surface area contributed by atoms with Crippen LogP contribution in [-0.4, -0.2) is 38.3 Å². The van der Waals surface area contributed by atoms with E-state index in [9.17, 15) is 4.79 Å². The van der Waals surface area contributed by atoms with E-state index < -0.39 is 6.04 Å². The lowest BCUT2D eigenvalue weighted by Crippen LogP contribution is -2.35. The largest absolute Gasteiger partial charge is 0.309 e. The Labute approximate surface area is 236 Å². The van der Waals surface area contributed by atoms with Gasteiger partial charge in [-0.1, -0.05) is 29.1 Å². The average molecular weight is 555 g/mol. The van der Waals surface area contributed by atoms with Crippen molar-refractivity contribution in [1.29, 1.82) is 0 Å². The van der Waals surface area contributed by atoms with Crippen LogP contribution in [0, 0.1) is 18.8 Å². The molecule has 1 amide bonds. The van der Waals surface area contributed by atoms with Crippen molar-refractivity contribution >= 4 is 40.6 Å². The molecule has 0 aliphatic heterocycles. The topological polar surface area (TPSA) is 84.2 Å². The summed E-state index contributed by atoms with van der Waals surface area (Å²) in [4.78, 5) is 26.4. The third kappa shape index (κ3) is 5.64. The number of amides is 1. The molecule has 39 heavy (non-hydrogen) atoms. The Morgan fingerprint density at radius 1 is 0.974 bits per heavy atom. The molecule has 0 aliphatic carbocycles. The van der Waals surface area contributed by atoms with Gasteiger partial charge in [-0.15, -0.1) is 0 Å². The molecular formula is C30H24Cl2N6O. The van der Waals surface area contributed by atoms with Crippen molar-refractivity contribution < 1.29 is 4.79 Å². The first-order valence-corrected chi connectivity index (χ1v) is 13.0. The average Bonchev–Trinajstić information content (AvgIpc) is 3.32. The minimum absolute atomic E-state index is 0.205. The minimum atomic E-state index is -0.391. The lowest BCUT2D eigenvalue weighted by molar-refractivity contribution is -0.117. The molecule has 9 heteroatoms. The predicted molar refractivity (Wildman–Crippen MR) is 156 cm³/mol. The second kappa shape index (κ2) is 11.3. The number of nitrogens with zero attached hydrogens (tertiary/aromatic N) is 4. The molecule has 0 aliphatic rings. The van der Waals surface area contributed by atoms with Crippen LogP contribution < -0.4 is 10.6 Å². The maximum atomic E-state index is 12.6. The van der Waals surface area contributed by atoms with Gasteiger partial charge in [0.05, 0.1) is 27.5 Å². The van der Waals surface area contributed by atoms with Crippen LogP contribution in [0.15, 0.2) is 73.2 Å². The molecule has 5 aromatic rings. The van der Waals surface area contributed by atoms with E-state index in [2.05, 4.69) is 27.5 Å². The number of benzene rings is 1. The van der Waals surface area contributed by atoms with Gasteiger partial charge in [0.25, 0.3) is 0 Å². The highest BCUT2D eigenvalue weighted by Crippen LogP contribution is 2.35. The summed E-state index contributed by atoms with van der Waals surface area (Å²) in [5.74, 6) is 6.52. The van der Waals surface area contributed by atoms with Gasteiger partial charge in [0.2, 0.25) is 5.91 Å². The number of hydrogen-bond acceptors (Lipinski definition) is 5. The number of hydrogen-bond donors (Lipinski definition) is 2.